The van der Waals surface area contributed by atoms with Gasteiger partial charge in [0.1, 0.15) is 0 Å². The molecule has 0 atom stereocenters. The first-order valence-electron chi connectivity index (χ1n) is 5.82. The molecule has 0 spiro atoms. The molecule has 14 heavy (non-hydrogen) atoms. The van der Waals surface area contributed by atoms with Crippen molar-refractivity contribution in [2.24, 2.45) is 11.7 Å². The van der Waals surface area contributed by atoms with Gasteiger partial charge in [-0.15, -0.1) is 0 Å². The number of nitrogens with two attached hydrogens (primary N) is 1. The van der Waals surface area contributed by atoms with E-state index in [1.807, 2.05) is 6.92 Å². The van der Waals surface area contributed by atoms with Gasteiger partial charge in [-0.3, -0.25) is 0 Å². The van der Waals surface area contributed by atoms with E-state index in [1.165, 1.54) is 32.1 Å². The van der Waals surface area contributed by atoms with Crippen LogP contribution in [0.4, 0.5) is 0 Å². The first-order valence-corrected chi connectivity index (χ1v) is 5.82. The van der Waals surface area contributed by atoms with Crippen LogP contribution in [0.5, 0.6) is 0 Å². The SMILES string of the molecule is CB(O)NCC1CCCCC1.CCN. The summed E-state index contributed by atoms with van der Waals surface area (Å²) in [5.74, 6) is 0.818. The predicted octanol–water partition coefficient (Wildman–Crippen LogP) is 1.23. The molecule has 4 N–H and O–H groups in total. The zero-order chi connectivity index (χ0) is 10.8. The summed E-state index contributed by atoms with van der Waals surface area (Å²) in [6.07, 6.45) is 6.86. The summed E-state index contributed by atoms with van der Waals surface area (Å²) in [4.78, 5) is 0. The number of hydrogen-bond donors (Lipinski definition) is 3. The Balaban J connectivity index is 0.000000500. The van der Waals surface area contributed by atoms with Crippen molar-refractivity contribution in [2.45, 2.75) is 45.9 Å². The van der Waals surface area contributed by atoms with E-state index in [0.29, 0.717) is 0 Å². The van der Waals surface area contributed by atoms with Gasteiger partial charge in [-0.1, -0.05) is 26.2 Å². The maximum Gasteiger partial charge on any atom is 0.373 e. The van der Waals surface area contributed by atoms with Crippen LogP contribution in [-0.2, 0) is 0 Å². The molecule has 0 aromatic carbocycles. The number of hydrogen-bond acceptors (Lipinski definition) is 3. The van der Waals surface area contributed by atoms with Gasteiger partial charge in [-0.05, 0) is 38.7 Å². The Morgan fingerprint density at radius 3 is 2.29 bits per heavy atom. The Labute approximate surface area is 88.6 Å². The molecule has 3 nitrogen and oxygen atoms in total. The fourth-order valence-electron chi connectivity index (χ4n) is 1.73. The minimum Gasteiger partial charge on any atom is -0.437 e. The molecule has 0 aromatic rings. The van der Waals surface area contributed by atoms with Gasteiger partial charge in [0.05, 0.1) is 0 Å². The number of nitrogens with one attached hydrogen (secondary N) is 1. The summed E-state index contributed by atoms with van der Waals surface area (Å²) >= 11 is 0. The fraction of sp³-hybridized carbons (Fsp3) is 1.00. The van der Waals surface area contributed by atoms with Crippen LogP contribution in [0.15, 0.2) is 0 Å². The summed E-state index contributed by atoms with van der Waals surface area (Å²) in [6.45, 7) is 5.43. The van der Waals surface area contributed by atoms with E-state index in [-0.39, 0.29) is 7.05 Å². The summed E-state index contributed by atoms with van der Waals surface area (Å²) in [5, 5.41) is 12.0. The van der Waals surface area contributed by atoms with Gasteiger partial charge in [-0.2, -0.15) is 0 Å². The summed E-state index contributed by atoms with van der Waals surface area (Å²) in [5.41, 5.74) is 4.85. The van der Waals surface area contributed by atoms with Gasteiger partial charge in [-0.25, -0.2) is 0 Å². The Kier molecular flexibility index (Phi) is 9.46. The molecule has 84 valence electrons. The van der Waals surface area contributed by atoms with E-state index in [9.17, 15) is 0 Å². The average Bonchev–Trinajstić information content (AvgIpc) is 2.18. The lowest BCUT2D eigenvalue weighted by Crippen LogP contribution is -2.35. The zero-order valence-corrected chi connectivity index (χ0v) is 9.63. The minimum atomic E-state index is -0.336. The Bertz CT molecular complexity index is 117. The standard InChI is InChI=1S/C8H18BNO.C2H7N/c1-9(11)10-7-8-5-3-2-4-6-8;1-2-3/h8,10-11H,2-7H2,1H3;2-3H2,1H3. The van der Waals surface area contributed by atoms with Crippen molar-refractivity contribution in [3.05, 3.63) is 0 Å². The van der Waals surface area contributed by atoms with Crippen LogP contribution < -0.4 is 11.0 Å². The predicted molar refractivity (Wildman–Crippen MR) is 63.1 cm³/mol. The van der Waals surface area contributed by atoms with Crippen LogP contribution in [0, 0.1) is 5.92 Å². The summed E-state index contributed by atoms with van der Waals surface area (Å²) in [6, 6.07) is 0. The lowest BCUT2D eigenvalue weighted by atomic mass is 9.84. The van der Waals surface area contributed by atoms with Gasteiger partial charge >= 0.3 is 7.05 Å². The molecule has 1 saturated carbocycles. The van der Waals surface area contributed by atoms with Crippen molar-refractivity contribution in [1.82, 2.24) is 5.23 Å². The third-order valence-corrected chi connectivity index (χ3v) is 2.43. The molecular weight excluding hydrogens is 175 g/mol. The molecule has 1 fully saturated rings. The normalized spacial score (nSPS) is 17.1. The highest BCUT2D eigenvalue weighted by molar-refractivity contribution is 6.45. The van der Waals surface area contributed by atoms with Gasteiger partial charge in [0, 0.05) is 0 Å². The second-order valence-corrected chi connectivity index (χ2v) is 4.00. The highest BCUT2D eigenvalue weighted by atomic mass is 16.2. The van der Waals surface area contributed by atoms with E-state index in [2.05, 4.69) is 5.23 Å². The monoisotopic (exact) mass is 200 g/mol. The molecule has 4 heteroatoms. The third-order valence-electron chi connectivity index (χ3n) is 2.43. The largest absolute Gasteiger partial charge is 0.437 e. The second-order valence-electron chi connectivity index (χ2n) is 4.00. The molecule has 0 amide bonds. The lowest BCUT2D eigenvalue weighted by Gasteiger charge is -2.21. The molecule has 0 heterocycles. The molecule has 1 aliphatic rings. The highest BCUT2D eigenvalue weighted by Crippen LogP contribution is 2.22. The summed E-state index contributed by atoms with van der Waals surface area (Å²) in [7, 11) is -0.336. The van der Waals surface area contributed by atoms with E-state index < -0.39 is 0 Å². The lowest BCUT2D eigenvalue weighted by molar-refractivity contribution is 0.353. The molecule has 0 bridgehead atoms. The molecule has 0 aliphatic heterocycles. The van der Waals surface area contributed by atoms with E-state index in [0.717, 1.165) is 19.0 Å². The Morgan fingerprint density at radius 1 is 1.36 bits per heavy atom. The van der Waals surface area contributed by atoms with Crippen molar-refractivity contribution < 1.29 is 5.02 Å². The van der Waals surface area contributed by atoms with Gasteiger partial charge in [0.15, 0.2) is 0 Å². The molecule has 1 aliphatic carbocycles. The van der Waals surface area contributed by atoms with E-state index in [1.54, 1.807) is 6.82 Å². The maximum absolute atomic E-state index is 8.97. The zero-order valence-electron chi connectivity index (χ0n) is 9.63. The van der Waals surface area contributed by atoms with Crippen molar-refractivity contribution in [2.75, 3.05) is 13.1 Å². The third kappa shape index (κ3) is 8.54. The van der Waals surface area contributed by atoms with Gasteiger partial charge in [0.25, 0.3) is 0 Å². The Morgan fingerprint density at radius 2 is 1.86 bits per heavy atom. The first-order chi connectivity index (χ1) is 6.70. The Hall–Kier alpha value is -0.0551. The van der Waals surface area contributed by atoms with Crippen LogP contribution in [0.3, 0.4) is 0 Å². The van der Waals surface area contributed by atoms with E-state index >= 15 is 0 Å². The fourth-order valence-corrected chi connectivity index (χ4v) is 1.73. The molecule has 0 aromatic heterocycles. The van der Waals surface area contributed by atoms with Crippen LogP contribution >= 0.6 is 0 Å². The quantitative estimate of drug-likeness (QED) is 0.600. The van der Waals surface area contributed by atoms with Crippen LogP contribution in [-0.4, -0.2) is 25.2 Å². The maximum atomic E-state index is 8.97. The van der Waals surface area contributed by atoms with Crippen molar-refractivity contribution in [3.63, 3.8) is 0 Å². The smallest absolute Gasteiger partial charge is 0.373 e. The van der Waals surface area contributed by atoms with Gasteiger partial charge < -0.3 is 16.0 Å². The molecule has 0 radical (unpaired) electrons. The average molecular weight is 200 g/mol. The van der Waals surface area contributed by atoms with Crippen molar-refractivity contribution >= 4 is 7.05 Å². The van der Waals surface area contributed by atoms with E-state index in [4.69, 9.17) is 10.8 Å². The highest BCUT2D eigenvalue weighted by Gasteiger charge is 2.13. The van der Waals surface area contributed by atoms with Crippen LogP contribution in [0.1, 0.15) is 39.0 Å². The van der Waals surface area contributed by atoms with Crippen molar-refractivity contribution in [3.8, 4) is 0 Å². The number of rotatable bonds is 3. The molecule has 0 saturated heterocycles. The molecule has 1 rings (SSSR count). The van der Waals surface area contributed by atoms with Crippen molar-refractivity contribution in [1.29, 1.82) is 0 Å². The molecular formula is C10H25BN2O. The van der Waals surface area contributed by atoms with Crippen LogP contribution in [0.25, 0.3) is 0 Å². The summed E-state index contributed by atoms with van der Waals surface area (Å²) < 4.78 is 0. The first kappa shape index (κ1) is 13.9. The van der Waals surface area contributed by atoms with Gasteiger partial charge in [0.2, 0.25) is 0 Å². The van der Waals surface area contributed by atoms with Crippen LogP contribution in [0.2, 0.25) is 6.82 Å². The topological polar surface area (TPSA) is 58.3 Å². The molecule has 0 unspecified atom stereocenters. The second kappa shape index (κ2) is 9.50. The minimum absolute atomic E-state index is 0.336.